The molecule has 0 fully saturated rings. The van der Waals surface area contributed by atoms with Gasteiger partial charge in [0.1, 0.15) is 0 Å². The number of amides is 2. The first-order chi connectivity index (χ1) is 16.1. The van der Waals surface area contributed by atoms with E-state index in [1.165, 1.54) is 10.5 Å². The molecule has 0 saturated carbocycles. The molecule has 1 heterocycles. The highest BCUT2D eigenvalue weighted by molar-refractivity contribution is 6.36. The lowest BCUT2D eigenvalue weighted by molar-refractivity contribution is 0.0497. The molecule has 0 radical (unpaired) electrons. The van der Waals surface area contributed by atoms with E-state index < -0.39 is 17.8 Å². The van der Waals surface area contributed by atoms with Crippen LogP contribution >= 0.6 is 0 Å². The van der Waals surface area contributed by atoms with Crippen LogP contribution in [0.3, 0.4) is 0 Å². The van der Waals surface area contributed by atoms with Crippen LogP contribution in [0.1, 0.15) is 68.0 Å². The number of rotatable bonds is 8. The fourth-order valence-electron chi connectivity index (χ4n) is 4.32. The molecule has 0 N–H and O–H groups in total. The molecule has 0 aromatic heterocycles. The first kappa shape index (κ1) is 22.5. The molecular weight excluding hydrogens is 414 g/mol. The van der Waals surface area contributed by atoms with Crippen LogP contribution in [0, 0.1) is 0 Å². The first-order valence-electron chi connectivity index (χ1n) is 11.4. The summed E-state index contributed by atoms with van der Waals surface area (Å²) in [6, 6.07) is 20.6. The second kappa shape index (κ2) is 9.82. The lowest BCUT2D eigenvalue weighted by atomic mass is 10.0. The predicted molar refractivity (Wildman–Crippen MR) is 128 cm³/mol. The van der Waals surface area contributed by atoms with E-state index >= 15 is 0 Å². The third-order valence-electron chi connectivity index (χ3n) is 6.01. The average molecular weight is 442 g/mol. The number of aryl methyl sites for hydroxylation is 3. The summed E-state index contributed by atoms with van der Waals surface area (Å²) < 4.78 is 5.47. The van der Waals surface area contributed by atoms with Gasteiger partial charge < -0.3 is 4.74 Å². The van der Waals surface area contributed by atoms with E-state index in [9.17, 15) is 14.4 Å². The Kier molecular flexibility index (Phi) is 6.68. The van der Waals surface area contributed by atoms with Crippen LogP contribution in [0.25, 0.3) is 0 Å². The SMILES string of the molecule is CCc1cccc(CC)c1N1C(=O)c2cccc(C(=O)OCCCc3ccccc3)c2C1=O. The number of para-hydroxylation sites is 1. The second-order valence-corrected chi connectivity index (χ2v) is 8.03. The van der Waals surface area contributed by atoms with Crippen molar-refractivity contribution in [3.05, 3.63) is 100 Å². The van der Waals surface area contributed by atoms with Crippen LogP contribution in [-0.2, 0) is 24.0 Å². The molecular formula is C28H27NO4. The molecule has 1 aliphatic rings. The molecule has 3 aromatic carbocycles. The number of benzene rings is 3. The Labute approximate surface area is 194 Å². The van der Waals surface area contributed by atoms with Crippen molar-refractivity contribution in [3.63, 3.8) is 0 Å². The lowest BCUT2D eigenvalue weighted by Gasteiger charge is -2.21. The predicted octanol–water partition coefficient (Wildman–Crippen LogP) is 5.40. The molecule has 33 heavy (non-hydrogen) atoms. The molecule has 2 amide bonds. The molecule has 5 heteroatoms. The molecule has 0 spiro atoms. The molecule has 0 unspecified atom stereocenters. The van der Waals surface area contributed by atoms with Gasteiger partial charge in [0.25, 0.3) is 11.8 Å². The van der Waals surface area contributed by atoms with Gasteiger partial charge in [0.15, 0.2) is 0 Å². The fraction of sp³-hybridized carbons (Fsp3) is 0.250. The second-order valence-electron chi connectivity index (χ2n) is 8.03. The van der Waals surface area contributed by atoms with Crippen LogP contribution in [0.15, 0.2) is 66.7 Å². The number of anilines is 1. The Hall–Kier alpha value is -3.73. The topological polar surface area (TPSA) is 63.7 Å². The summed E-state index contributed by atoms with van der Waals surface area (Å²) in [4.78, 5) is 40.9. The van der Waals surface area contributed by atoms with E-state index in [0.29, 0.717) is 24.9 Å². The standard InChI is InChI=1S/C28H27NO4/c1-3-20-14-8-15-21(4-2)25(20)29-26(30)22-16-9-17-23(24(22)27(29)31)28(32)33-18-10-13-19-11-6-5-7-12-19/h5-9,11-12,14-17H,3-4,10,13,18H2,1-2H3. The van der Waals surface area contributed by atoms with Crippen molar-refractivity contribution in [3.8, 4) is 0 Å². The van der Waals surface area contributed by atoms with Gasteiger partial charge >= 0.3 is 5.97 Å². The molecule has 168 valence electrons. The summed E-state index contributed by atoms with van der Waals surface area (Å²) >= 11 is 0. The van der Waals surface area contributed by atoms with Crippen LogP contribution in [0.5, 0.6) is 0 Å². The third-order valence-corrected chi connectivity index (χ3v) is 6.01. The highest BCUT2D eigenvalue weighted by Gasteiger charge is 2.41. The number of carbonyl (C=O) groups excluding carboxylic acids is 3. The number of carbonyl (C=O) groups is 3. The van der Waals surface area contributed by atoms with Gasteiger partial charge in [0, 0.05) is 0 Å². The molecule has 3 aromatic rings. The first-order valence-corrected chi connectivity index (χ1v) is 11.4. The molecule has 5 nitrogen and oxygen atoms in total. The zero-order chi connectivity index (χ0) is 23.4. The van der Waals surface area contributed by atoms with Gasteiger partial charge in [0.05, 0.1) is 29.0 Å². The van der Waals surface area contributed by atoms with Crippen LogP contribution in [0.2, 0.25) is 0 Å². The molecule has 0 atom stereocenters. The van der Waals surface area contributed by atoms with Gasteiger partial charge in [-0.2, -0.15) is 0 Å². The Morgan fingerprint density at radius 1 is 0.818 bits per heavy atom. The van der Waals surface area contributed by atoms with Crippen molar-refractivity contribution in [1.29, 1.82) is 0 Å². The van der Waals surface area contributed by atoms with Crippen molar-refractivity contribution >= 4 is 23.5 Å². The van der Waals surface area contributed by atoms with Gasteiger partial charge in [-0.05, 0) is 54.5 Å². The van der Waals surface area contributed by atoms with E-state index in [0.717, 1.165) is 17.5 Å². The summed E-state index contributed by atoms with van der Waals surface area (Å²) in [6.07, 6.45) is 2.84. The van der Waals surface area contributed by atoms with Gasteiger partial charge in [-0.15, -0.1) is 0 Å². The van der Waals surface area contributed by atoms with Crippen molar-refractivity contribution in [1.82, 2.24) is 0 Å². The van der Waals surface area contributed by atoms with E-state index in [1.807, 2.05) is 62.4 Å². The maximum absolute atomic E-state index is 13.5. The Morgan fingerprint density at radius 3 is 2.15 bits per heavy atom. The van der Waals surface area contributed by atoms with Crippen molar-refractivity contribution in [2.24, 2.45) is 0 Å². The van der Waals surface area contributed by atoms with Crippen molar-refractivity contribution < 1.29 is 19.1 Å². The quantitative estimate of drug-likeness (QED) is 0.267. The largest absolute Gasteiger partial charge is 0.462 e. The van der Waals surface area contributed by atoms with E-state index in [2.05, 4.69) is 0 Å². The van der Waals surface area contributed by atoms with E-state index in [4.69, 9.17) is 4.74 Å². The molecule has 0 bridgehead atoms. The summed E-state index contributed by atoms with van der Waals surface area (Å²) in [5.74, 6) is -1.45. The summed E-state index contributed by atoms with van der Waals surface area (Å²) in [5, 5.41) is 0. The third kappa shape index (κ3) is 4.31. The van der Waals surface area contributed by atoms with Gasteiger partial charge in [-0.1, -0.05) is 68.4 Å². The molecule has 0 aliphatic carbocycles. The zero-order valence-electron chi connectivity index (χ0n) is 19.0. The number of nitrogens with zero attached hydrogens (tertiary/aromatic N) is 1. The summed E-state index contributed by atoms with van der Waals surface area (Å²) in [7, 11) is 0. The van der Waals surface area contributed by atoms with Crippen LogP contribution < -0.4 is 4.90 Å². The van der Waals surface area contributed by atoms with Crippen molar-refractivity contribution in [2.45, 2.75) is 39.5 Å². The van der Waals surface area contributed by atoms with Gasteiger partial charge in [-0.25, -0.2) is 9.69 Å². The number of esters is 1. The van der Waals surface area contributed by atoms with Crippen molar-refractivity contribution in [2.75, 3.05) is 11.5 Å². The number of fused-ring (bicyclic) bond motifs is 1. The Balaban J connectivity index is 1.57. The highest BCUT2D eigenvalue weighted by Crippen LogP contribution is 2.35. The Bertz CT molecular complexity index is 1180. The zero-order valence-corrected chi connectivity index (χ0v) is 19.0. The Morgan fingerprint density at radius 2 is 1.48 bits per heavy atom. The maximum atomic E-state index is 13.5. The minimum absolute atomic E-state index is 0.128. The smallest absolute Gasteiger partial charge is 0.338 e. The molecule has 1 aliphatic heterocycles. The maximum Gasteiger partial charge on any atom is 0.338 e. The average Bonchev–Trinajstić information content (AvgIpc) is 3.11. The fourth-order valence-corrected chi connectivity index (χ4v) is 4.32. The number of hydrogen-bond acceptors (Lipinski definition) is 4. The summed E-state index contributed by atoms with van der Waals surface area (Å²) in [5.41, 5.74) is 4.17. The van der Waals surface area contributed by atoms with Crippen LogP contribution in [0.4, 0.5) is 5.69 Å². The summed E-state index contributed by atoms with van der Waals surface area (Å²) in [6.45, 7) is 4.23. The highest BCUT2D eigenvalue weighted by atomic mass is 16.5. The number of ether oxygens (including phenoxy) is 1. The monoisotopic (exact) mass is 441 g/mol. The van der Waals surface area contributed by atoms with E-state index in [-0.39, 0.29) is 23.3 Å². The number of hydrogen-bond donors (Lipinski definition) is 0. The molecule has 4 rings (SSSR count). The molecule has 0 saturated heterocycles. The van der Waals surface area contributed by atoms with Gasteiger partial charge in [-0.3, -0.25) is 9.59 Å². The normalized spacial score (nSPS) is 12.7. The minimum Gasteiger partial charge on any atom is -0.462 e. The number of imide groups is 1. The van der Waals surface area contributed by atoms with Gasteiger partial charge in [0.2, 0.25) is 0 Å². The lowest BCUT2D eigenvalue weighted by Crippen LogP contribution is -2.31. The van der Waals surface area contributed by atoms with Crippen LogP contribution in [-0.4, -0.2) is 24.4 Å². The van der Waals surface area contributed by atoms with E-state index in [1.54, 1.807) is 18.2 Å². The minimum atomic E-state index is -0.581.